The first-order chi connectivity index (χ1) is 15.1. The zero-order valence-electron chi connectivity index (χ0n) is 17.8. The Bertz CT molecular complexity index is 1480. The van der Waals surface area contributed by atoms with Gasteiger partial charge in [-0.25, -0.2) is 4.98 Å². The summed E-state index contributed by atoms with van der Waals surface area (Å²) in [6.07, 6.45) is 0. The highest BCUT2D eigenvalue weighted by Gasteiger charge is 2.09. The maximum absolute atomic E-state index is 6.32. The fourth-order valence-electron chi connectivity index (χ4n) is 3.82. The van der Waals surface area contributed by atoms with Crippen LogP contribution < -0.4 is 10.8 Å². The van der Waals surface area contributed by atoms with Crippen LogP contribution in [0.5, 0.6) is 0 Å². The molecule has 4 nitrogen and oxygen atoms in total. The molecule has 0 saturated carbocycles. The Labute approximate surface area is 180 Å². The highest BCUT2D eigenvalue weighted by molar-refractivity contribution is 5.82. The molecule has 0 radical (unpaired) electrons. The normalized spacial score (nSPS) is 11.9. The first kappa shape index (κ1) is 19.1. The smallest absolute Gasteiger partial charge is 0.146 e. The predicted octanol–water partition coefficient (Wildman–Crippen LogP) is 6.50. The molecule has 0 aliphatic rings. The highest BCUT2D eigenvalue weighted by Crippen LogP contribution is 2.25. The number of rotatable bonds is 3. The lowest BCUT2D eigenvalue weighted by atomic mass is 10.1. The lowest BCUT2D eigenvalue weighted by Crippen LogP contribution is -2.09. The lowest BCUT2D eigenvalue weighted by molar-refractivity contribution is 0.615. The van der Waals surface area contributed by atoms with Crippen molar-refractivity contribution in [3.63, 3.8) is 0 Å². The summed E-state index contributed by atoms with van der Waals surface area (Å²) >= 11 is 0. The quantitative estimate of drug-likeness (QED) is 0.349. The number of aromatic nitrogens is 1. The molecule has 2 aromatic heterocycles. The van der Waals surface area contributed by atoms with Crippen LogP contribution in [0.1, 0.15) is 16.7 Å². The van der Waals surface area contributed by atoms with E-state index in [-0.39, 0.29) is 0 Å². The number of anilines is 1. The van der Waals surface area contributed by atoms with E-state index < -0.39 is 0 Å². The molecule has 4 heteroatoms. The van der Waals surface area contributed by atoms with Crippen LogP contribution in [-0.4, -0.2) is 4.98 Å². The zero-order valence-corrected chi connectivity index (χ0v) is 17.8. The fraction of sp³-hybridized carbons (Fsp3) is 0.111. The van der Waals surface area contributed by atoms with E-state index in [1.54, 1.807) is 0 Å². The molecule has 1 N–H and O–H groups in total. The Morgan fingerprint density at radius 2 is 1.61 bits per heavy atom. The van der Waals surface area contributed by atoms with E-state index in [0.717, 1.165) is 44.1 Å². The van der Waals surface area contributed by atoms with Crippen molar-refractivity contribution >= 4 is 27.7 Å². The minimum atomic E-state index is 0.703. The van der Waals surface area contributed by atoms with Gasteiger partial charge >= 0.3 is 0 Å². The third-order valence-electron chi connectivity index (χ3n) is 5.40. The van der Waals surface area contributed by atoms with Crippen molar-refractivity contribution in [1.82, 2.24) is 4.98 Å². The molecule has 31 heavy (non-hydrogen) atoms. The van der Waals surface area contributed by atoms with Crippen LogP contribution in [-0.2, 0) is 0 Å². The van der Waals surface area contributed by atoms with Gasteiger partial charge in [-0.1, -0.05) is 54.1 Å². The molecular weight excluding hydrogens is 382 g/mol. The van der Waals surface area contributed by atoms with E-state index in [2.05, 4.69) is 73.6 Å². The van der Waals surface area contributed by atoms with Crippen molar-refractivity contribution in [2.75, 3.05) is 5.43 Å². The van der Waals surface area contributed by atoms with Crippen LogP contribution in [0.15, 0.2) is 88.4 Å². The van der Waals surface area contributed by atoms with Crippen molar-refractivity contribution in [2.24, 2.45) is 5.10 Å². The number of para-hydroxylation sites is 1. The molecule has 0 aliphatic heterocycles. The molecule has 0 spiro atoms. The lowest BCUT2D eigenvalue weighted by Gasteiger charge is -2.09. The first-order valence-electron chi connectivity index (χ1n) is 10.3. The van der Waals surface area contributed by atoms with Crippen molar-refractivity contribution < 1.29 is 4.42 Å². The molecule has 152 valence electrons. The Kier molecular flexibility index (Phi) is 4.75. The van der Waals surface area contributed by atoms with Gasteiger partial charge in [0.15, 0.2) is 0 Å². The molecule has 0 fully saturated rings. The second-order valence-corrected chi connectivity index (χ2v) is 7.93. The van der Waals surface area contributed by atoms with E-state index >= 15 is 0 Å². The van der Waals surface area contributed by atoms with Gasteiger partial charge < -0.3 is 4.42 Å². The van der Waals surface area contributed by atoms with Crippen molar-refractivity contribution in [2.45, 2.75) is 20.8 Å². The maximum atomic E-state index is 6.32. The van der Waals surface area contributed by atoms with Crippen LogP contribution >= 0.6 is 0 Å². The molecule has 5 aromatic rings. The summed E-state index contributed by atoms with van der Waals surface area (Å²) in [6, 6.07) is 26.6. The van der Waals surface area contributed by atoms with Gasteiger partial charge in [0.2, 0.25) is 0 Å². The van der Waals surface area contributed by atoms with Gasteiger partial charge in [-0.15, -0.1) is 0 Å². The summed E-state index contributed by atoms with van der Waals surface area (Å²) in [6.45, 7) is 6.23. The second-order valence-electron chi connectivity index (χ2n) is 7.93. The number of hydrogen-bond donors (Lipinski definition) is 1. The monoisotopic (exact) mass is 405 g/mol. The number of hydrogen-bond acceptors (Lipinski definition) is 4. The summed E-state index contributed by atoms with van der Waals surface area (Å²) in [4.78, 5) is 4.67. The largest absolute Gasteiger partial charge is 0.456 e. The molecule has 3 aromatic carbocycles. The minimum absolute atomic E-state index is 0.703. The maximum Gasteiger partial charge on any atom is 0.146 e. The zero-order chi connectivity index (χ0) is 21.4. The molecular formula is C27H23N3O. The third-order valence-corrected chi connectivity index (χ3v) is 5.40. The van der Waals surface area contributed by atoms with Gasteiger partial charge in [0, 0.05) is 22.4 Å². The van der Waals surface area contributed by atoms with E-state index in [1.165, 1.54) is 11.1 Å². The highest BCUT2D eigenvalue weighted by atomic mass is 16.3. The summed E-state index contributed by atoms with van der Waals surface area (Å²) in [5.74, 6) is 1.49. The van der Waals surface area contributed by atoms with Crippen LogP contribution in [0.2, 0.25) is 0 Å². The molecule has 0 bridgehead atoms. The number of aryl methyl sites for hydroxylation is 3. The topological polar surface area (TPSA) is 50.4 Å². The number of nitrogens with zero attached hydrogens (tertiary/aromatic N) is 2. The van der Waals surface area contributed by atoms with Crippen LogP contribution in [0.4, 0.5) is 5.82 Å². The average Bonchev–Trinajstić information content (AvgIpc) is 2.78. The second kappa shape index (κ2) is 7.73. The Hall–Kier alpha value is -3.92. The van der Waals surface area contributed by atoms with Gasteiger partial charge in [-0.05, 0) is 56.2 Å². The Morgan fingerprint density at radius 1 is 0.806 bits per heavy atom. The average molecular weight is 406 g/mol. The predicted molar refractivity (Wildman–Crippen MR) is 127 cm³/mol. The standard InChI is InChI=1S/C27H23N3O/c1-17-8-10-21(11-9-17)25-16-24(22-15-18(2)14-19(3)27(22)31-25)29-30-26-13-12-20-6-4-5-7-23(20)28-26/h4-16H,1-3H3,(H,28,30). The molecule has 2 heterocycles. The number of nitrogens with one attached hydrogen (secondary N) is 1. The number of pyridine rings is 1. The Balaban J connectivity index is 1.66. The summed E-state index contributed by atoms with van der Waals surface area (Å²) in [5, 5.41) is 7.62. The van der Waals surface area contributed by atoms with E-state index in [0.29, 0.717) is 5.82 Å². The van der Waals surface area contributed by atoms with Gasteiger partial charge in [0.1, 0.15) is 17.2 Å². The van der Waals surface area contributed by atoms with Gasteiger partial charge in [-0.2, -0.15) is 5.10 Å². The van der Waals surface area contributed by atoms with Crippen LogP contribution in [0.25, 0.3) is 33.2 Å². The van der Waals surface area contributed by atoms with E-state index in [1.807, 2.05) is 36.4 Å². The molecule has 0 aliphatic carbocycles. The number of benzene rings is 3. The summed E-state index contributed by atoms with van der Waals surface area (Å²) in [7, 11) is 0. The molecule has 0 atom stereocenters. The van der Waals surface area contributed by atoms with E-state index in [9.17, 15) is 0 Å². The van der Waals surface area contributed by atoms with Crippen molar-refractivity contribution in [3.8, 4) is 11.3 Å². The molecule has 5 rings (SSSR count). The molecule has 0 unspecified atom stereocenters. The summed E-state index contributed by atoms with van der Waals surface area (Å²) in [5.41, 5.74) is 9.41. The van der Waals surface area contributed by atoms with Gasteiger partial charge in [0.25, 0.3) is 0 Å². The Morgan fingerprint density at radius 3 is 2.45 bits per heavy atom. The van der Waals surface area contributed by atoms with Crippen LogP contribution in [0.3, 0.4) is 0 Å². The van der Waals surface area contributed by atoms with Crippen molar-refractivity contribution in [3.05, 3.63) is 101 Å². The van der Waals surface area contributed by atoms with Crippen molar-refractivity contribution in [1.29, 1.82) is 0 Å². The first-order valence-corrected chi connectivity index (χ1v) is 10.3. The van der Waals surface area contributed by atoms with Gasteiger partial charge in [0.05, 0.1) is 10.9 Å². The third kappa shape index (κ3) is 3.80. The van der Waals surface area contributed by atoms with E-state index in [4.69, 9.17) is 9.52 Å². The summed E-state index contributed by atoms with van der Waals surface area (Å²) < 4.78 is 6.32. The number of fused-ring (bicyclic) bond motifs is 2. The SMILES string of the molecule is Cc1ccc(-c2cc(=NNc3ccc4ccccc4n3)c3cc(C)cc(C)c3o2)cc1. The van der Waals surface area contributed by atoms with Crippen LogP contribution in [0, 0.1) is 20.8 Å². The minimum Gasteiger partial charge on any atom is -0.456 e. The van der Waals surface area contributed by atoms with Gasteiger partial charge in [-0.3, -0.25) is 5.43 Å². The fourth-order valence-corrected chi connectivity index (χ4v) is 3.82. The molecule has 0 amide bonds. The molecule has 0 saturated heterocycles.